The van der Waals surface area contributed by atoms with Crippen molar-refractivity contribution in [3.63, 3.8) is 0 Å². The van der Waals surface area contributed by atoms with Crippen molar-refractivity contribution >= 4 is 5.97 Å². The Morgan fingerprint density at radius 3 is 2.68 bits per heavy atom. The molecule has 1 aromatic heterocycles. The van der Waals surface area contributed by atoms with Crippen LogP contribution in [-0.4, -0.2) is 23.3 Å². The van der Waals surface area contributed by atoms with Crippen LogP contribution in [0.5, 0.6) is 5.75 Å². The third kappa shape index (κ3) is 2.84. The quantitative estimate of drug-likeness (QED) is 0.920. The third-order valence-corrected chi connectivity index (χ3v) is 4.29. The van der Waals surface area contributed by atoms with Crippen molar-refractivity contribution < 1.29 is 19.2 Å². The van der Waals surface area contributed by atoms with Gasteiger partial charge in [-0.05, 0) is 36.5 Å². The summed E-state index contributed by atoms with van der Waals surface area (Å²) in [5.74, 6) is 0.539. The highest BCUT2D eigenvalue weighted by Crippen LogP contribution is 2.38. The third-order valence-electron chi connectivity index (χ3n) is 4.29. The first-order valence-electron chi connectivity index (χ1n) is 7.57. The smallest absolute Gasteiger partial charge is 0.358 e. The van der Waals surface area contributed by atoms with Crippen LogP contribution in [0, 0.1) is 0 Å². The van der Waals surface area contributed by atoms with Crippen molar-refractivity contribution in [2.24, 2.45) is 0 Å². The predicted octanol–water partition coefficient (Wildman–Crippen LogP) is 4.10. The van der Waals surface area contributed by atoms with E-state index < -0.39 is 5.97 Å². The van der Waals surface area contributed by atoms with E-state index in [1.54, 1.807) is 7.11 Å². The number of ether oxygens (including phenoxy) is 1. The normalized spacial score (nSPS) is 15.7. The molecule has 0 atom stereocenters. The largest absolute Gasteiger partial charge is 0.496 e. The number of carboxylic acid groups (broad SMARTS) is 1. The Kier molecular flexibility index (Phi) is 4.13. The lowest BCUT2D eigenvalue weighted by Crippen LogP contribution is -2.04. The lowest BCUT2D eigenvalue weighted by atomic mass is 9.83. The van der Waals surface area contributed by atoms with Crippen LogP contribution >= 0.6 is 0 Å². The Balaban J connectivity index is 1.98. The summed E-state index contributed by atoms with van der Waals surface area (Å²) in [5, 5.41) is 12.6. The number of carboxylic acids is 1. The van der Waals surface area contributed by atoms with Crippen molar-refractivity contribution in [2.75, 3.05) is 7.11 Å². The summed E-state index contributed by atoms with van der Waals surface area (Å²) in [6.45, 7) is 0. The van der Waals surface area contributed by atoms with Crippen LogP contribution in [0.15, 0.2) is 28.8 Å². The van der Waals surface area contributed by atoms with Gasteiger partial charge in [0, 0.05) is 6.07 Å². The maximum atomic E-state index is 11.0. The van der Waals surface area contributed by atoms with Crippen LogP contribution < -0.4 is 4.74 Å². The fraction of sp³-hybridized carbons (Fsp3) is 0.412. The van der Waals surface area contributed by atoms with E-state index in [2.05, 4.69) is 11.2 Å². The molecule has 1 fully saturated rings. The molecule has 0 radical (unpaired) electrons. The number of hydrogen-bond acceptors (Lipinski definition) is 4. The summed E-state index contributed by atoms with van der Waals surface area (Å²) in [4.78, 5) is 11.0. The van der Waals surface area contributed by atoms with Crippen LogP contribution in [0.1, 0.15) is 54.1 Å². The zero-order valence-electron chi connectivity index (χ0n) is 12.5. The fourth-order valence-electron chi connectivity index (χ4n) is 3.11. The highest BCUT2D eigenvalue weighted by molar-refractivity contribution is 5.86. The number of rotatable bonds is 4. The van der Waals surface area contributed by atoms with Gasteiger partial charge in [0.15, 0.2) is 11.5 Å². The first kappa shape index (κ1) is 14.6. The number of aromatic carboxylic acids is 1. The lowest BCUT2D eigenvalue weighted by molar-refractivity contribution is 0.0686. The average molecular weight is 301 g/mol. The summed E-state index contributed by atoms with van der Waals surface area (Å²) >= 11 is 0. The van der Waals surface area contributed by atoms with Gasteiger partial charge < -0.3 is 14.4 Å². The standard InChI is InChI=1S/C17H19NO4/c1-21-15-8-7-12(11-5-3-2-4-6-11)9-13(15)16-10-14(17(19)20)18-22-16/h7-11H,2-6H2,1H3,(H,19,20). The molecule has 1 saturated carbocycles. The van der Waals surface area contributed by atoms with Crippen molar-refractivity contribution in [2.45, 2.75) is 38.0 Å². The minimum atomic E-state index is -1.10. The molecule has 0 saturated heterocycles. The van der Waals surface area contributed by atoms with Gasteiger partial charge in [-0.1, -0.05) is 30.5 Å². The van der Waals surface area contributed by atoms with Gasteiger partial charge in [0.05, 0.1) is 12.7 Å². The molecule has 3 rings (SSSR count). The topological polar surface area (TPSA) is 72.6 Å². The molecule has 116 valence electrons. The van der Waals surface area contributed by atoms with E-state index in [0.717, 1.165) is 5.56 Å². The Hall–Kier alpha value is -2.30. The molecule has 1 aliphatic rings. The monoisotopic (exact) mass is 301 g/mol. The molecule has 0 aliphatic heterocycles. The molecule has 1 aromatic carbocycles. The predicted molar refractivity (Wildman–Crippen MR) is 81.3 cm³/mol. The molecule has 2 aromatic rings. The van der Waals surface area contributed by atoms with Crippen LogP contribution in [-0.2, 0) is 0 Å². The molecule has 0 unspecified atom stereocenters. The Labute approximate surface area is 128 Å². The van der Waals surface area contributed by atoms with E-state index in [4.69, 9.17) is 14.4 Å². The zero-order chi connectivity index (χ0) is 15.5. The molecule has 0 bridgehead atoms. The summed E-state index contributed by atoms with van der Waals surface area (Å²) < 4.78 is 10.6. The molecule has 5 heteroatoms. The van der Waals surface area contributed by atoms with Crippen LogP contribution in [0.2, 0.25) is 0 Å². The zero-order valence-corrected chi connectivity index (χ0v) is 12.5. The second-order valence-electron chi connectivity index (χ2n) is 5.68. The van der Waals surface area contributed by atoms with Gasteiger partial charge in [-0.3, -0.25) is 0 Å². The van der Waals surface area contributed by atoms with Crippen LogP contribution in [0.3, 0.4) is 0 Å². The molecule has 1 N–H and O–H groups in total. The van der Waals surface area contributed by atoms with Gasteiger partial charge in [-0.2, -0.15) is 0 Å². The molecular formula is C17H19NO4. The molecule has 0 spiro atoms. The molecular weight excluding hydrogens is 282 g/mol. The van der Waals surface area contributed by atoms with Crippen molar-refractivity contribution in [1.29, 1.82) is 0 Å². The molecule has 0 amide bonds. The second-order valence-corrected chi connectivity index (χ2v) is 5.68. The molecule has 1 heterocycles. The summed E-state index contributed by atoms with van der Waals surface area (Å²) in [5.41, 5.74) is 1.91. The van der Waals surface area contributed by atoms with Gasteiger partial charge >= 0.3 is 5.97 Å². The van der Waals surface area contributed by atoms with E-state index in [0.29, 0.717) is 17.4 Å². The van der Waals surface area contributed by atoms with Crippen molar-refractivity contribution in [3.8, 4) is 17.1 Å². The maximum absolute atomic E-state index is 11.0. The first-order chi connectivity index (χ1) is 10.7. The maximum Gasteiger partial charge on any atom is 0.358 e. The van der Waals surface area contributed by atoms with Gasteiger partial charge in [-0.25, -0.2) is 4.79 Å². The first-order valence-corrected chi connectivity index (χ1v) is 7.57. The number of carbonyl (C=O) groups is 1. The highest BCUT2D eigenvalue weighted by Gasteiger charge is 2.20. The second kappa shape index (κ2) is 6.22. The minimum absolute atomic E-state index is 0.0971. The average Bonchev–Trinajstić information content (AvgIpc) is 3.05. The lowest BCUT2D eigenvalue weighted by Gasteiger charge is -2.22. The number of benzene rings is 1. The molecule has 1 aliphatic carbocycles. The number of hydrogen-bond donors (Lipinski definition) is 1. The Bertz CT molecular complexity index is 671. The van der Waals surface area contributed by atoms with Crippen molar-refractivity contribution in [1.82, 2.24) is 5.16 Å². The molecule has 5 nitrogen and oxygen atoms in total. The van der Waals surface area contributed by atoms with E-state index >= 15 is 0 Å². The number of methoxy groups -OCH3 is 1. The van der Waals surface area contributed by atoms with Gasteiger partial charge in [0.25, 0.3) is 0 Å². The highest BCUT2D eigenvalue weighted by atomic mass is 16.5. The number of nitrogens with zero attached hydrogens (tertiary/aromatic N) is 1. The Morgan fingerprint density at radius 1 is 1.27 bits per heavy atom. The van der Waals surface area contributed by atoms with Crippen LogP contribution in [0.4, 0.5) is 0 Å². The van der Waals surface area contributed by atoms with Gasteiger partial charge in [0.2, 0.25) is 0 Å². The summed E-state index contributed by atoms with van der Waals surface area (Å²) in [6.07, 6.45) is 6.23. The Morgan fingerprint density at radius 2 is 2.05 bits per heavy atom. The SMILES string of the molecule is COc1ccc(C2CCCCC2)cc1-c1cc(C(=O)O)no1. The minimum Gasteiger partial charge on any atom is -0.496 e. The van der Waals surface area contributed by atoms with Gasteiger partial charge in [0.1, 0.15) is 5.75 Å². The fourth-order valence-corrected chi connectivity index (χ4v) is 3.11. The summed E-state index contributed by atoms with van der Waals surface area (Å²) in [6, 6.07) is 7.49. The van der Waals surface area contributed by atoms with Crippen molar-refractivity contribution in [3.05, 3.63) is 35.5 Å². The van der Waals surface area contributed by atoms with E-state index in [-0.39, 0.29) is 5.69 Å². The van der Waals surface area contributed by atoms with Crippen LogP contribution in [0.25, 0.3) is 11.3 Å². The summed E-state index contributed by atoms with van der Waals surface area (Å²) in [7, 11) is 1.59. The molecule has 22 heavy (non-hydrogen) atoms. The van der Waals surface area contributed by atoms with Gasteiger partial charge in [-0.15, -0.1) is 0 Å². The van der Waals surface area contributed by atoms with E-state index in [1.165, 1.54) is 43.7 Å². The van der Waals surface area contributed by atoms with E-state index in [9.17, 15) is 4.79 Å². The van der Waals surface area contributed by atoms with E-state index in [1.807, 2.05) is 12.1 Å². The number of aromatic nitrogens is 1.